The van der Waals surface area contributed by atoms with Gasteiger partial charge in [-0.3, -0.25) is 14.5 Å². The lowest BCUT2D eigenvalue weighted by molar-refractivity contribution is -0.121. The molecule has 1 fully saturated rings. The monoisotopic (exact) mass is 420 g/mol. The van der Waals surface area contributed by atoms with Gasteiger partial charge in [-0.2, -0.15) is 0 Å². The Morgan fingerprint density at radius 1 is 1.22 bits per heavy atom. The SMILES string of the molecule is CC(N)CC(=O)NCc1cccc(NC(=O)CCN2CCOCC2)c1.Cl.Cl. The van der Waals surface area contributed by atoms with Crippen LogP contribution in [-0.4, -0.2) is 55.6 Å². The van der Waals surface area contributed by atoms with Crippen LogP contribution >= 0.6 is 24.8 Å². The Bertz CT molecular complexity index is 581. The number of carbonyl (C=O) groups is 2. The summed E-state index contributed by atoms with van der Waals surface area (Å²) in [5.41, 5.74) is 7.28. The fourth-order valence-corrected chi connectivity index (χ4v) is 2.63. The fraction of sp³-hybridized carbons (Fsp3) is 0.556. The molecule has 0 aliphatic carbocycles. The maximum absolute atomic E-state index is 12.1. The maximum Gasteiger partial charge on any atom is 0.225 e. The third-order valence-electron chi connectivity index (χ3n) is 3.97. The van der Waals surface area contributed by atoms with E-state index in [0.29, 0.717) is 19.4 Å². The number of ether oxygens (including phenoxy) is 1. The second-order valence-corrected chi connectivity index (χ2v) is 6.41. The molecule has 2 rings (SSSR count). The van der Waals surface area contributed by atoms with Crippen molar-refractivity contribution in [3.63, 3.8) is 0 Å². The summed E-state index contributed by atoms with van der Waals surface area (Å²) in [4.78, 5) is 26.0. The van der Waals surface area contributed by atoms with E-state index < -0.39 is 0 Å². The highest BCUT2D eigenvalue weighted by Gasteiger charge is 2.12. The van der Waals surface area contributed by atoms with Crippen molar-refractivity contribution >= 4 is 42.3 Å². The number of amides is 2. The summed E-state index contributed by atoms with van der Waals surface area (Å²) >= 11 is 0. The first-order valence-corrected chi connectivity index (χ1v) is 8.74. The molecular formula is C18H30Cl2N4O3. The zero-order chi connectivity index (χ0) is 18.1. The first-order chi connectivity index (χ1) is 12.0. The van der Waals surface area contributed by atoms with Crippen LogP contribution in [0, 0.1) is 0 Å². The minimum atomic E-state index is -0.155. The maximum atomic E-state index is 12.1. The van der Waals surface area contributed by atoms with Gasteiger partial charge in [0.1, 0.15) is 0 Å². The molecule has 0 bridgehead atoms. The van der Waals surface area contributed by atoms with Gasteiger partial charge in [-0.15, -0.1) is 24.8 Å². The number of hydrogen-bond acceptors (Lipinski definition) is 5. The van der Waals surface area contributed by atoms with Crippen LogP contribution in [0.2, 0.25) is 0 Å². The van der Waals surface area contributed by atoms with E-state index >= 15 is 0 Å². The van der Waals surface area contributed by atoms with Crippen molar-refractivity contribution in [2.24, 2.45) is 5.73 Å². The largest absolute Gasteiger partial charge is 0.379 e. The topological polar surface area (TPSA) is 96.7 Å². The van der Waals surface area contributed by atoms with Crippen LogP contribution in [0.5, 0.6) is 0 Å². The van der Waals surface area contributed by atoms with Crippen LogP contribution in [0.25, 0.3) is 0 Å². The average molecular weight is 421 g/mol. The van der Waals surface area contributed by atoms with Crippen molar-refractivity contribution in [1.29, 1.82) is 0 Å². The van der Waals surface area contributed by atoms with E-state index in [9.17, 15) is 9.59 Å². The summed E-state index contributed by atoms with van der Waals surface area (Å²) in [6.07, 6.45) is 0.757. The predicted molar refractivity (Wildman–Crippen MR) is 112 cm³/mol. The minimum Gasteiger partial charge on any atom is -0.379 e. The lowest BCUT2D eigenvalue weighted by Crippen LogP contribution is -2.38. The summed E-state index contributed by atoms with van der Waals surface area (Å²) in [7, 11) is 0. The van der Waals surface area contributed by atoms with Crippen molar-refractivity contribution < 1.29 is 14.3 Å². The molecule has 1 heterocycles. The van der Waals surface area contributed by atoms with E-state index in [-0.39, 0.29) is 42.7 Å². The Morgan fingerprint density at radius 2 is 1.93 bits per heavy atom. The van der Waals surface area contributed by atoms with Crippen LogP contribution in [0.15, 0.2) is 24.3 Å². The van der Waals surface area contributed by atoms with Gasteiger partial charge in [-0.25, -0.2) is 0 Å². The van der Waals surface area contributed by atoms with Gasteiger partial charge in [-0.1, -0.05) is 12.1 Å². The van der Waals surface area contributed by atoms with E-state index in [2.05, 4.69) is 15.5 Å². The Labute approximate surface area is 173 Å². The number of morpholine rings is 1. The van der Waals surface area contributed by atoms with Crippen LogP contribution in [-0.2, 0) is 20.9 Å². The number of halogens is 2. The molecule has 154 valence electrons. The van der Waals surface area contributed by atoms with Gasteiger partial charge >= 0.3 is 0 Å². The summed E-state index contributed by atoms with van der Waals surface area (Å²) in [5.74, 6) is -0.0837. The highest BCUT2D eigenvalue weighted by Crippen LogP contribution is 2.11. The number of benzene rings is 1. The molecule has 0 saturated carbocycles. The third kappa shape index (κ3) is 10.5. The van der Waals surface area contributed by atoms with E-state index in [1.165, 1.54) is 0 Å². The smallest absolute Gasteiger partial charge is 0.225 e. The van der Waals surface area contributed by atoms with Gasteiger partial charge in [0, 0.05) is 50.7 Å². The number of nitrogens with two attached hydrogens (primary N) is 1. The summed E-state index contributed by atoms with van der Waals surface area (Å²) < 4.78 is 5.30. The van der Waals surface area contributed by atoms with Crippen molar-refractivity contribution in [1.82, 2.24) is 10.2 Å². The highest BCUT2D eigenvalue weighted by molar-refractivity contribution is 5.90. The van der Waals surface area contributed by atoms with Crippen molar-refractivity contribution in [2.45, 2.75) is 32.4 Å². The second kappa shape index (κ2) is 13.7. The van der Waals surface area contributed by atoms with E-state index in [4.69, 9.17) is 10.5 Å². The molecule has 2 amide bonds. The number of carbonyl (C=O) groups excluding carboxylic acids is 2. The molecule has 0 radical (unpaired) electrons. The lowest BCUT2D eigenvalue weighted by Gasteiger charge is -2.26. The third-order valence-corrected chi connectivity index (χ3v) is 3.97. The molecule has 4 N–H and O–H groups in total. The molecule has 1 atom stereocenters. The molecular weight excluding hydrogens is 391 g/mol. The van der Waals surface area contributed by atoms with E-state index in [1.807, 2.05) is 24.3 Å². The van der Waals surface area contributed by atoms with Crippen LogP contribution in [0.3, 0.4) is 0 Å². The molecule has 1 unspecified atom stereocenters. The standard InChI is InChI=1S/C18H28N4O3.2ClH/c1-14(19)11-18(24)20-13-15-3-2-4-16(12-15)21-17(23)5-6-22-7-9-25-10-8-22;;/h2-4,12,14H,5-11,13,19H2,1H3,(H,20,24)(H,21,23);2*1H. The first-order valence-electron chi connectivity index (χ1n) is 8.74. The summed E-state index contributed by atoms with van der Waals surface area (Å²) in [6.45, 7) is 6.18. The van der Waals surface area contributed by atoms with Gasteiger partial charge in [0.15, 0.2) is 0 Å². The lowest BCUT2D eigenvalue weighted by atomic mass is 10.2. The Balaban J connectivity index is 0.00000338. The molecule has 1 aliphatic rings. The number of nitrogens with one attached hydrogen (secondary N) is 2. The Kier molecular flexibility index (Phi) is 13.0. The van der Waals surface area contributed by atoms with Crippen LogP contribution in [0.1, 0.15) is 25.3 Å². The number of nitrogens with zero attached hydrogens (tertiary/aromatic N) is 1. The Hall–Kier alpha value is -1.38. The number of hydrogen-bond donors (Lipinski definition) is 3. The fourth-order valence-electron chi connectivity index (χ4n) is 2.63. The first kappa shape index (κ1) is 25.6. The van der Waals surface area contributed by atoms with Gasteiger partial charge in [-0.05, 0) is 24.6 Å². The van der Waals surface area contributed by atoms with E-state index in [0.717, 1.165) is 44.1 Å². The van der Waals surface area contributed by atoms with Gasteiger partial charge in [0.05, 0.1) is 13.2 Å². The van der Waals surface area contributed by atoms with Gasteiger partial charge < -0.3 is 21.1 Å². The average Bonchev–Trinajstić information content (AvgIpc) is 2.59. The predicted octanol–water partition coefficient (Wildman–Crippen LogP) is 1.54. The molecule has 0 aromatic heterocycles. The van der Waals surface area contributed by atoms with Gasteiger partial charge in [0.25, 0.3) is 0 Å². The molecule has 27 heavy (non-hydrogen) atoms. The molecule has 9 heteroatoms. The number of rotatable bonds is 8. The van der Waals surface area contributed by atoms with E-state index in [1.54, 1.807) is 6.92 Å². The second-order valence-electron chi connectivity index (χ2n) is 6.41. The molecule has 1 aromatic carbocycles. The minimum absolute atomic E-state index is 0. The molecule has 0 spiro atoms. The zero-order valence-electron chi connectivity index (χ0n) is 15.6. The van der Waals surface area contributed by atoms with Crippen LogP contribution < -0.4 is 16.4 Å². The van der Waals surface area contributed by atoms with Crippen molar-refractivity contribution in [3.8, 4) is 0 Å². The highest BCUT2D eigenvalue weighted by atomic mass is 35.5. The zero-order valence-corrected chi connectivity index (χ0v) is 17.2. The summed E-state index contributed by atoms with van der Waals surface area (Å²) in [6, 6.07) is 7.34. The molecule has 1 aliphatic heterocycles. The van der Waals surface area contributed by atoms with Crippen molar-refractivity contribution in [2.75, 3.05) is 38.2 Å². The molecule has 7 nitrogen and oxygen atoms in total. The molecule has 1 aromatic rings. The molecule has 1 saturated heterocycles. The van der Waals surface area contributed by atoms with Gasteiger partial charge in [0.2, 0.25) is 11.8 Å². The summed E-state index contributed by atoms with van der Waals surface area (Å²) in [5, 5.41) is 5.74. The van der Waals surface area contributed by atoms with Crippen LogP contribution in [0.4, 0.5) is 5.69 Å². The van der Waals surface area contributed by atoms with Crippen molar-refractivity contribution in [3.05, 3.63) is 29.8 Å². The Morgan fingerprint density at radius 3 is 2.59 bits per heavy atom. The number of anilines is 1. The quantitative estimate of drug-likeness (QED) is 0.592. The normalized spacial score (nSPS) is 15.0.